The van der Waals surface area contributed by atoms with Gasteiger partial charge in [-0.25, -0.2) is 4.39 Å². The van der Waals surface area contributed by atoms with Crippen molar-refractivity contribution in [1.82, 2.24) is 4.90 Å². The SMILES string of the molecule is CNc1cc(C(=O)N(C)C(C)C(C)C)c([N+](=O)[O-])cc1F. The van der Waals surface area contributed by atoms with Gasteiger partial charge in [-0.3, -0.25) is 14.9 Å². The number of carbonyl (C=O) groups is 1. The Morgan fingerprint density at radius 1 is 1.38 bits per heavy atom. The molecule has 1 aromatic carbocycles. The van der Waals surface area contributed by atoms with E-state index >= 15 is 0 Å². The zero-order chi connectivity index (χ0) is 16.3. The summed E-state index contributed by atoms with van der Waals surface area (Å²) in [5.41, 5.74) is -0.602. The lowest BCUT2D eigenvalue weighted by atomic mass is 10.0. The zero-order valence-corrected chi connectivity index (χ0v) is 12.8. The number of nitro groups is 1. The molecule has 0 aliphatic heterocycles. The first kappa shape index (κ1) is 16.9. The number of nitro benzene ring substituents is 1. The van der Waals surface area contributed by atoms with Gasteiger partial charge in [-0.15, -0.1) is 0 Å². The number of amides is 1. The Kier molecular flexibility index (Phi) is 5.23. The van der Waals surface area contributed by atoms with E-state index in [-0.39, 0.29) is 23.2 Å². The summed E-state index contributed by atoms with van der Waals surface area (Å²) in [5, 5.41) is 13.6. The Morgan fingerprint density at radius 2 is 1.95 bits per heavy atom. The van der Waals surface area contributed by atoms with Crippen molar-refractivity contribution in [1.29, 1.82) is 0 Å². The molecule has 1 amide bonds. The summed E-state index contributed by atoms with van der Waals surface area (Å²) in [5.74, 6) is -1.07. The van der Waals surface area contributed by atoms with Crippen LogP contribution in [0.3, 0.4) is 0 Å². The maximum absolute atomic E-state index is 13.7. The van der Waals surface area contributed by atoms with Gasteiger partial charge in [0.1, 0.15) is 5.56 Å². The fourth-order valence-corrected chi connectivity index (χ4v) is 1.90. The Morgan fingerprint density at radius 3 is 2.38 bits per heavy atom. The van der Waals surface area contributed by atoms with Crippen LogP contribution in [0.2, 0.25) is 0 Å². The number of nitrogens with zero attached hydrogens (tertiary/aromatic N) is 2. The molecular formula is C14H20FN3O3. The zero-order valence-electron chi connectivity index (χ0n) is 12.8. The lowest BCUT2D eigenvalue weighted by Gasteiger charge is -2.28. The van der Waals surface area contributed by atoms with Crippen molar-refractivity contribution in [3.63, 3.8) is 0 Å². The van der Waals surface area contributed by atoms with Gasteiger partial charge in [0.15, 0.2) is 5.82 Å². The van der Waals surface area contributed by atoms with Crippen molar-refractivity contribution in [2.75, 3.05) is 19.4 Å². The molecule has 0 bridgehead atoms. The number of rotatable bonds is 5. The van der Waals surface area contributed by atoms with Crippen molar-refractivity contribution in [3.8, 4) is 0 Å². The molecule has 0 saturated heterocycles. The Labute approximate surface area is 123 Å². The molecule has 7 heteroatoms. The van der Waals surface area contributed by atoms with Gasteiger partial charge in [0.05, 0.1) is 16.7 Å². The normalized spacial score (nSPS) is 12.1. The van der Waals surface area contributed by atoms with E-state index in [4.69, 9.17) is 0 Å². The van der Waals surface area contributed by atoms with E-state index in [1.165, 1.54) is 18.0 Å². The molecule has 1 N–H and O–H groups in total. The predicted molar refractivity (Wildman–Crippen MR) is 79.0 cm³/mol. The first-order chi connectivity index (χ1) is 9.70. The van der Waals surface area contributed by atoms with E-state index in [1.54, 1.807) is 7.05 Å². The molecule has 116 valence electrons. The van der Waals surface area contributed by atoms with Crippen LogP contribution in [0.5, 0.6) is 0 Å². The number of nitrogens with one attached hydrogen (secondary N) is 1. The molecule has 0 radical (unpaired) electrons. The molecule has 21 heavy (non-hydrogen) atoms. The lowest BCUT2D eigenvalue weighted by molar-refractivity contribution is -0.385. The van der Waals surface area contributed by atoms with Crippen LogP contribution in [-0.2, 0) is 0 Å². The van der Waals surface area contributed by atoms with Crippen LogP contribution < -0.4 is 5.32 Å². The number of carbonyl (C=O) groups excluding carboxylic acids is 1. The van der Waals surface area contributed by atoms with Gasteiger partial charge < -0.3 is 10.2 Å². The highest BCUT2D eigenvalue weighted by atomic mass is 19.1. The molecule has 0 aliphatic rings. The Bertz CT molecular complexity index is 561. The first-order valence-corrected chi connectivity index (χ1v) is 6.63. The van der Waals surface area contributed by atoms with Gasteiger partial charge in [0, 0.05) is 20.1 Å². The van der Waals surface area contributed by atoms with Gasteiger partial charge in [-0.2, -0.15) is 0 Å². The number of anilines is 1. The Hall–Kier alpha value is -2.18. The summed E-state index contributed by atoms with van der Waals surface area (Å²) in [7, 11) is 3.07. The highest BCUT2D eigenvalue weighted by Crippen LogP contribution is 2.27. The minimum absolute atomic E-state index is 0.0505. The fourth-order valence-electron chi connectivity index (χ4n) is 1.90. The standard InChI is InChI=1S/C14H20FN3O3/c1-8(2)9(3)17(5)14(19)10-6-12(16-4)11(15)7-13(10)18(20)21/h6-9,16H,1-5H3. The smallest absolute Gasteiger partial charge is 0.285 e. The summed E-state index contributed by atoms with van der Waals surface area (Å²) in [4.78, 5) is 24.2. The third-order valence-corrected chi connectivity index (χ3v) is 3.68. The molecule has 1 aromatic rings. The van der Waals surface area contributed by atoms with Crippen LogP contribution in [0.15, 0.2) is 12.1 Å². The minimum atomic E-state index is -0.764. The topological polar surface area (TPSA) is 75.5 Å². The van der Waals surface area contributed by atoms with Crippen LogP contribution in [0.1, 0.15) is 31.1 Å². The first-order valence-electron chi connectivity index (χ1n) is 6.63. The number of hydrogen-bond acceptors (Lipinski definition) is 4. The molecule has 6 nitrogen and oxygen atoms in total. The summed E-state index contributed by atoms with van der Waals surface area (Å²) in [6.07, 6.45) is 0. The van der Waals surface area contributed by atoms with E-state index < -0.39 is 22.3 Å². The molecule has 1 unspecified atom stereocenters. The summed E-state index contributed by atoms with van der Waals surface area (Å²) >= 11 is 0. The quantitative estimate of drug-likeness (QED) is 0.669. The highest BCUT2D eigenvalue weighted by Gasteiger charge is 2.28. The van der Waals surface area contributed by atoms with Crippen LogP contribution >= 0.6 is 0 Å². The lowest BCUT2D eigenvalue weighted by Crippen LogP contribution is -2.38. The van der Waals surface area contributed by atoms with E-state index in [1.807, 2.05) is 20.8 Å². The van der Waals surface area contributed by atoms with Gasteiger partial charge in [-0.1, -0.05) is 13.8 Å². The number of halogens is 1. The predicted octanol–water partition coefficient (Wildman–Crippen LogP) is 2.89. The monoisotopic (exact) mass is 297 g/mol. The van der Waals surface area contributed by atoms with Gasteiger partial charge in [0.25, 0.3) is 11.6 Å². The molecule has 0 heterocycles. The summed E-state index contributed by atoms with van der Waals surface area (Å²) in [6, 6.07) is 1.85. The van der Waals surface area contributed by atoms with E-state index in [9.17, 15) is 19.3 Å². The van der Waals surface area contributed by atoms with Crippen molar-refractivity contribution in [3.05, 3.63) is 33.6 Å². The maximum Gasteiger partial charge on any atom is 0.285 e. The molecule has 0 saturated carbocycles. The largest absolute Gasteiger partial charge is 0.386 e. The van der Waals surface area contributed by atoms with Crippen LogP contribution in [0.4, 0.5) is 15.8 Å². The van der Waals surface area contributed by atoms with Crippen molar-refractivity contribution in [2.45, 2.75) is 26.8 Å². The second-order valence-corrected chi connectivity index (χ2v) is 5.26. The summed E-state index contributed by atoms with van der Waals surface area (Å²) < 4.78 is 13.7. The number of hydrogen-bond donors (Lipinski definition) is 1. The molecule has 1 atom stereocenters. The van der Waals surface area contributed by atoms with E-state index in [0.717, 1.165) is 6.07 Å². The molecule has 0 aliphatic carbocycles. The minimum Gasteiger partial charge on any atom is -0.386 e. The van der Waals surface area contributed by atoms with Crippen molar-refractivity contribution in [2.24, 2.45) is 5.92 Å². The van der Waals surface area contributed by atoms with Crippen LogP contribution in [0, 0.1) is 21.8 Å². The fraction of sp³-hybridized carbons (Fsp3) is 0.500. The second-order valence-electron chi connectivity index (χ2n) is 5.26. The Balaban J connectivity index is 3.33. The third kappa shape index (κ3) is 3.48. The number of benzene rings is 1. The van der Waals surface area contributed by atoms with E-state index in [0.29, 0.717) is 0 Å². The van der Waals surface area contributed by atoms with Gasteiger partial charge in [-0.05, 0) is 18.9 Å². The average Bonchev–Trinajstić information content (AvgIpc) is 2.44. The van der Waals surface area contributed by atoms with Crippen LogP contribution in [-0.4, -0.2) is 35.9 Å². The second kappa shape index (κ2) is 6.51. The highest BCUT2D eigenvalue weighted by molar-refractivity contribution is 5.99. The van der Waals surface area contributed by atoms with Crippen molar-refractivity contribution < 1.29 is 14.1 Å². The van der Waals surface area contributed by atoms with Crippen molar-refractivity contribution >= 4 is 17.3 Å². The van der Waals surface area contributed by atoms with Crippen LogP contribution in [0.25, 0.3) is 0 Å². The molecule has 0 fully saturated rings. The molecule has 0 spiro atoms. The van der Waals surface area contributed by atoms with Gasteiger partial charge >= 0.3 is 0 Å². The molecule has 1 rings (SSSR count). The average molecular weight is 297 g/mol. The van der Waals surface area contributed by atoms with E-state index in [2.05, 4.69) is 5.32 Å². The third-order valence-electron chi connectivity index (χ3n) is 3.68. The van der Waals surface area contributed by atoms with Gasteiger partial charge in [0.2, 0.25) is 0 Å². The molecule has 0 aromatic heterocycles. The maximum atomic E-state index is 13.7. The molecular weight excluding hydrogens is 277 g/mol. The summed E-state index contributed by atoms with van der Waals surface area (Å²) in [6.45, 7) is 5.76.